The van der Waals surface area contributed by atoms with Crippen molar-refractivity contribution in [3.05, 3.63) is 58.6 Å². The summed E-state index contributed by atoms with van der Waals surface area (Å²) in [6, 6.07) is 12.0. The molecule has 23 heavy (non-hydrogen) atoms. The minimum atomic E-state index is -0.253. The van der Waals surface area contributed by atoms with Crippen molar-refractivity contribution in [3.8, 4) is 11.5 Å². The van der Waals surface area contributed by atoms with Crippen molar-refractivity contribution >= 4 is 33.6 Å². The Morgan fingerprint density at radius 1 is 1.26 bits per heavy atom. The van der Waals surface area contributed by atoms with Crippen LogP contribution in [0.25, 0.3) is 6.08 Å². The molecule has 0 saturated carbocycles. The van der Waals surface area contributed by atoms with Gasteiger partial charge < -0.3 is 15.2 Å². The average Bonchev–Trinajstić information content (AvgIpc) is 2.54. The number of anilines is 1. The van der Waals surface area contributed by atoms with E-state index in [1.807, 2.05) is 25.1 Å². The predicted molar refractivity (Wildman–Crippen MR) is 95.7 cm³/mol. The molecule has 0 unspecified atom stereocenters. The Labute approximate surface area is 143 Å². The van der Waals surface area contributed by atoms with E-state index in [9.17, 15) is 9.90 Å². The van der Waals surface area contributed by atoms with Crippen molar-refractivity contribution in [1.29, 1.82) is 0 Å². The van der Waals surface area contributed by atoms with Crippen molar-refractivity contribution in [2.75, 3.05) is 11.9 Å². The number of amides is 1. The van der Waals surface area contributed by atoms with Gasteiger partial charge in [-0.2, -0.15) is 0 Å². The van der Waals surface area contributed by atoms with Crippen LogP contribution in [0.5, 0.6) is 11.5 Å². The summed E-state index contributed by atoms with van der Waals surface area (Å²) >= 11 is 3.42. The molecule has 0 aliphatic heterocycles. The molecule has 2 N–H and O–H groups in total. The van der Waals surface area contributed by atoms with Crippen LogP contribution in [0.15, 0.2) is 53.0 Å². The Morgan fingerprint density at radius 3 is 2.70 bits per heavy atom. The van der Waals surface area contributed by atoms with E-state index in [4.69, 9.17) is 4.74 Å². The normalized spacial score (nSPS) is 10.7. The quantitative estimate of drug-likeness (QED) is 0.573. The maximum Gasteiger partial charge on any atom is 0.248 e. The molecular weight excluding hydrogens is 358 g/mol. The number of carbonyl (C=O) groups is 1. The summed E-state index contributed by atoms with van der Waals surface area (Å²) in [5.41, 5.74) is 1.45. The highest BCUT2D eigenvalue weighted by Gasteiger charge is 2.03. The summed E-state index contributed by atoms with van der Waals surface area (Å²) in [5.74, 6) is 0.645. The lowest BCUT2D eigenvalue weighted by Crippen LogP contribution is -2.07. The molecule has 0 fully saturated rings. The maximum absolute atomic E-state index is 12.0. The lowest BCUT2D eigenvalue weighted by atomic mass is 10.2. The second-order valence-corrected chi connectivity index (χ2v) is 5.82. The monoisotopic (exact) mass is 375 g/mol. The lowest BCUT2D eigenvalue weighted by Gasteiger charge is -2.08. The highest BCUT2D eigenvalue weighted by Crippen LogP contribution is 2.25. The average molecular weight is 376 g/mol. The van der Waals surface area contributed by atoms with E-state index >= 15 is 0 Å². The fourth-order valence-electron chi connectivity index (χ4n) is 1.89. The topological polar surface area (TPSA) is 58.6 Å². The zero-order valence-electron chi connectivity index (χ0n) is 12.8. The van der Waals surface area contributed by atoms with Gasteiger partial charge in [0.25, 0.3) is 0 Å². The van der Waals surface area contributed by atoms with Crippen LogP contribution in [-0.4, -0.2) is 17.6 Å². The van der Waals surface area contributed by atoms with Crippen molar-refractivity contribution in [1.82, 2.24) is 0 Å². The zero-order valence-corrected chi connectivity index (χ0v) is 14.3. The van der Waals surface area contributed by atoms with Crippen LogP contribution in [0.2, 0.25) is 0 Å². The van der Waals surface area contributed by atoms with E-state index < -0.39 is 0 Å². The predicted octanol–water partition coefficient (Wildman–Crippen LogP) is 4.60. The molecule has 0 saturated heterocycles. The van der Waals surface area contributed by atoms with Gasteiger partial charge in [0.15, 0.2) is 0 Å². The summed E-state index contributed by atoms with van der Waals surface area (Å²) in [6.45, 7) is 2.67. The zero-order chi connectivity index (χ0) is 16.7. The molecule has 2 aromatic rings. The van der Waals surface area contributed by atoms with Gasteiger partial charge >= 0.3 is 0 Å². The van der Waals surface area contributed by atoms with Crippen molar-refractivity contribution in [3.63, 3.8) is 0 Å². The first-order valence-electron chi connectivity index (χ1n) is 7.29. The van der Waals surface area contributed by atoms with Gasteiger partial charge in [0.2, 0.25) is 5.91 Å². The number of halogens is 1. The van der Waals surface area contributed by atoms with E-state index in [0.717, 1.165) is 22.2 Å². The molecule has 0 atom stereocenters. The number of ether oxygens (including phenoxy) is 1. The molecule has 4 nitrogen and oxygen atoms in total. The SMILES string of the molecule is CCCOc1ccc(Br)cc1/C=C/C(=O)Nc1ccc(O)cc1. The Morgan fingerprint density at radius 2 is 2.00 bits per heavy atom. The van der Waals surface area contributed by atoms with E-state index in [1.165, 1.54) is 18.2 Å². The highest BCUT2D eigenvalue weighted by molar-refractivity contribution is 9.10. The third kappa shape index (κ3) is 5.45. The number of rotatable bonds is 6. The van der Waals surface area contributed by atoms with Crippen molar-refractivity contribution in [2.45, 2.75) is 13.3 Å². The number of benzene rings is 2. The first-order valence-corrected chi connectivity index (χ1v) is 8.08. The minimum Gasteiger partial charge on any atom is -0.508 e. The van der Waals surface area contributed by atoms with E-state index in [1.54, 1.807) is 18.2 Å². The Bertz CT molecular complexity index is 696. The number of phenols is 1. The van der Waals surface area contributed by atoms with Gasteiger partial charge in [0.1, 0.15) is 11.5 Å². The molecule has 0 heterocycles. The summed E-state index contributed by atoms with van der Waals surface area (Å²) in [5, 5.41) is 12.0. The highest BCUT2D eigenvalue weighted by atomic mass is 79.9. The van der Waals surface area contributed by atoms with Gasteiger partial charge in [0.05, 0.1) is 6.61 Å². The second kappa shape index (κ2) is 8.39. The van der Waals surface area contributed by atoms with Crippen LogP contribution in [0.3, 0.4) is 0 Å². The third-order valence-corrected chi connectivity index (χ3v) is 3.48. The molecule has 5 heteroatoms. The number of phenolic OH excluding ortho intramolecular Hbond substituents is 1. The van der Waals surface area contributed by atoms with Crippen LogP contribution in [0, 0.1) is 0 Å². The van der Waals surface area contributed by atoms with Crippen molar-refractivity contribution in [2.24, 2.45) is 0 Å². The summed E-state index contributed by atoms with van der Waals surface area (Å²) in [4.78, 5) is 12.0. The molecule has 0 radical (unpaired) electrons. The van der Waals surface area contributed by atoms with Crippen molar-refractivity contribution < 1.29 is 14.6 Å². The summed E-state index contributed by atoms with van der Waals surface area (Å²) in [6.07, 6.45) is 4.08. The maximum atomic E-state index is 12.0. The fraction of sp³-hybridized carbons (Fsp3) is 0.167. The Kier molecular flexibility index (Phi) is 6.23. The molecule has 1 amide bonds. The molecule has 2 rings (SSSR count). The van der Waals surface area contributed by atoms with Gasteiger partial charge in [-0.05, 0) is 55.0 Å². The molecule has 0 aliphatic carbocycles. The summed E-state index contributed by atoms with van der Waals surface area (Å²) in [7, 11) is 0. The standard InChI is InChI=1S/C18H18BrNO3/c1-2-11-23-17-9-4-14(19)12-13(17)3-10-18(22)20-15-5-7-16(21)8-6-15/h3-10,12,21H,2,11H2,1H3,(H,20,22)/b10-3+. The van der Waals surface area contributed by atoms with E-state index in [-0.39, 0.29) is 11.7 Å². The van der Waals surface area contributed by atoms with Gasteiger partial charge in [-0.3, -0.25) is 4.79 Å². The molecule has 120 valence electrons. The first kappa shape index (κ1) is 17.1. The van der Waals surface area contributed by atoms with Crippen LogP contribution in [0.1, 0.15) is 18.9 Å². The number of nitrogens with one attached hydrogen (secondary N) is 1. The number of carbonyl (C=O) groups excluding carboxylic acids is 1. The van der Waals surface area contributed by atoms with E-state index in [2.05, 4.69) is 21.2 Å². The number of aromatic hydroxyl groups is 1. The van der Waals surface area contributed by atoms with Gasteiger partial charge in [0, 0.05) is 21.8 Å². The molecule has 2 aromatic carbocycles. The fourth-order valence-corrected chi connectivity index (χ4v) is 2.27. The molecule has 0 spiro atoms. The Hall–Kier alpha value is -2.27. The number of hydrogen-bond acceptors (Lipinski definition) is 3. The number of hydrogen-bond donors (Lipinski definition) is 2. The smallest absolute Gasteiger partial charge is 0.248 e. The van der Waals surface area contributed by atoms with Gasteiger partial charge in [-0.25, -0.2) is 0 Å². The molecule has 0 bridgehead atoms. The van der Waals surface area contributed by atoms with Crippen LogP contribution >= 0.6 is 15.9 Å². The Balaban J connectivity index is 2.07. The summed E-state index contributed by atoms with van der Waals surface area (Å²) < 4.78 is 6.59. The first-order chi connectivity index (χ1) is 11.1. The lowest BCUT2D eigenvalue weighted by molar-refractivity contribution is -0.111. The van der Waals surface area contributed by atoms with Crippen LogP contribution in [-0.2, 0) is 4.79 Å². The largest absolute Gasteiger partial charge is 0.508 e. The minimum absolute atomic E-state index is 0.158. The molecular formula is C18H18BrNO3. The second-order valence-electron chi connectivity index (χ2n) is 4.90. The van der Waals surface area contributed by atoms with Crippen LogP contribution < -0.4 is 10.1 Å². The van der Waals surface area contributed by atoms with E-state index in [0.29, 0.717) is 12.3 Å². The molecule has 0 aliphatic rings. The molecule has 0 aromatic heterocycles. The van der Waals surface area contributed by atoms with Crippen LogP contribution in [0.4, 0.5) is 5.69 Å². The van der Waals surface area contributed by atoms with Gasteiger partial charge in [-0.1, -0.05) is 22.9 Å². The third-order valence-electron chi connectivity index (χ3n) is 2.98. The van der Waals surface area contributed by atoms with Gasteiger partial charge in [-0.15, -0.1) is 0 Å².